The van der Waals surface area contributed by atoms with E-state index in [2.05, 4.69) is 10.5 Å². The van der Waals surface area contributed by atoms with Gasteiger partial charge in [0.25, 0.3) is 0 Å². The molecule has 1 amide bonds. The molecule has 1 aromatic heterocycles. The van der Waals surface area contributed by atoms with Crippen LogP contribution in [0.1, 0.15) is 29.5 Å². The second-order valence-corrected chi connectivity index (χ2v) is 7.90. The Balaban J connectivity index is 1.96. The third kappa shape index (κ3) is 4.66. The number of hydrogen-bond donors (Lipinski definition) is 1. The van der Waals surface area contributed by atoms with E-state index in [0.29, 0.717) is 18.0 Å². The van der Waals surface area contributed by atoms with Gasteiger partial charge in [0.2, 0.25) is 5.91 Å². The highest BCUT2D eigenvalue weighted by Crippen LogP contribution is 2.12. The fourth-order valence-corrected chi connectivity index (χ4v) is 3.23. The molecule has 0 radical (unpaired) electrons. The van der Waals surface area contributed by atoms with E-state index in [1.807, 2.05) is 31.2 Å². The third-order valence-corrected chi connectivity index (χ3v) is 5.51. The molecule has 0 fully saturated rings. The van der Waals surface area contributed by atoms with Crippen molar-refractivity contribution in [2.24, 2.45) is 0 Å². The lowest BCUT2D eigenvalue weighted by atomic mass is 10.1. The van der Waals surface area contributed by atoms with Crippen molar-refractivity contribution in [3.8, 4) is 0 Å². The number of nitrogens with zero attached hydrogens (tertiary/aromatic N) is 1. The van der Waals surface area contributed by atoms with Gasteiger partial charge in [-0.2, -0.15) is 0 Å². The van der Waals surface area contributed by atoms with Gasteiger partial charge in [-0.3, -0.25) is 4.79 Å². The van der Waals surface area contributed by atoms with Crippen LogP contribution in [0.2, 0.25) is 0 Å². The van der Waals surface area contributed by atoms with Crippen molar-refractivity contribution in [2.45, 2.75) is 38.3 Å². The molecule has 0 aliphatic heterocycles. The standard InChI is InChI=1S/C16H20N2O4S/c1-11-4-6-14(7-5-11)9-17-16(19)13(3)23(20,21)10-15-8-12(2)22-18-15/h4-8,13H,9-10H2,1-3H3,(H,17,19)/t13-/m1/s1. The fraction of sp³-hybridized carbons (Fsp3) is 0.375. The SMILES string of the molecule is Cc1ccc(CNC(=O)[C@@H](C)S(=O)(=O)Cc2cc(C)on2)cc1. The zero-order valence-corrected chi connectivity index (χ0v) is 14.2. The highest BCUT2D eigenvalue weighted by molar-refractivity contribution is 7.92. The molecule has 0 bridgehead atoms. The fourth-order valence-electron chi connectivity index (χ4n) is 2.02. The number of rotatable bonds is 6. The average molecular weight is 336 g/mol. The molecule has 2 aromatic rings. The Morgan fingerprint density at radius 1 is 1.26 bits per heavy atom. The van der Waals surface area contributed by atoms with Crippen molar-refractivity contribution in [1.29, 1.82) is 0 Å². The molecule has 1 heterocycles. The first kappa shape index (κ1) is 17.2. The maximum Gasteiger partial charge on any atom is 0.238 e. The van der Waals surface area contributed by atoms with Gasteiger partial charge < -0.3 is 9.84 Å². The van der Waals surface area contributed by atoms with Crippen molar-refractivity contribution in [1.82, 2.24) is 10.5 Å². The van der Waals surface area contributed by atoms with E-state index in [9.17, 15) is 13.2 Å². The van der Waals surface area contributed by atoms with E-state index in [1.54, 1.807) is 13.0 Å². The molecular formula is C16H20N2O4S. The summed E-state index contributed by atoms with van der Waals surface area (Å²) in [5.74, 6) is -0.304. The van der Waals surface area contributed by atoms with Crippen molar-refractivity contribution >= 4 is 15.7 Å². The summed E-state index contributed by atoms with van der Waals surface area (Å²) in [6.07, 6.45) is 0. The normalized spacial score (nSPS) is 12.8. The van der Waals surface area contributed by atoms with Gasteiger partial charge in [-0.1, -0.05) is 35.0 Å². The van der Waals surface area contributed by atoms with Gasteiger partial charge in [0.15, 0.2) is 9.84 Å². The number of carbonyl (C=O) groups excluding carboxylic acids is 1. The van der Waals surface area contributed by atoms with Gasteiger partial charge in [-0.25, -0.2) is 8.42 Å². The molecule has 1 N–H and O–H groups in total. The van der Waals surface area contributed by atoms with Gasteiger partial charge in [0, 0.05) is 12.6 Å². The second-order valence-electron chi connectivity index (χ2n) is 5.58. The van der Waals surface area contributed by atoms with Gasteiger partial charge in [-0.05, 0) is 26.3 Å². The highest BCUT2D eigenvalue weighted by Gasteiger charge is 2.29. The van der Waals surface area contributed by atoms with Crippen LogP contribution in [0.5, 0.6) is 0 Å². The van der Waals surface area contributed by atoms with Crippen LogP contribution in [0.4, 0.5) is 0 Å². The number of benzene rings is 1. The molecule has 0 saturated heterocycles. The average Bonchev–Trinajstić information content (AvgIpc) is 2.90. The summed E-state index contributed by atoms with van der Waals surface area (Å²) in [5, 5.41) is 5.16. The number of nitrogens with one attached hydrogen (secondary N) is 1. The van der Waals surface area contributed by atoms with Gasteiger partial charge in [-0.15, -0.1) is 0 Å². The number of aryl methyl sites for hydroxylation is 2. The molecule has 2 rings (SSSR count). The molecule has 1 aromatic carbocycles. The topological polar surface area (TPSA) is 89.3 Å². The summed E-state index contributed by atoms with van der Waals surface area (Å²) in [6.45, 7) is 5.33. The first-order chi connectivity index (χ1) is 10.8. The van der Waals surface area contributed by atoms with Crippen LogP contribution in [0.25, 0.3) is 0 Å². The lowest BCUT2D eigenvalue weighted by Crippen LogP contribution is -2.38. The summed E-state index contributed by atoms with van der Waals surface area (Å²) < 4.78 is 29.4. The quantitative estimate of drug-likeness (QED) is 0.870. The maximum absolute atomic E-state index is 12.3. The minimum Gasteiger partial charge on any atom is -0.361 e. The molecule has 0 unspecified atom stereocenters. The lowest BCUT2D eigenvalue weighted by molar-refractivity contribution is -0.120. The van der Waals surface area contributed by atoms with Gasteiger partial charge in [0.1, 0.15) is 11.0 Å². The Bertz CT molecular complexity index is 779. The summed E-state index contributed by atoms with van der Waals surface area (Å²) in [7, 11) is -3.64. The molecule has 0 aliphatic rings. The molecular weight excluding hydrogens is 316 g/mol. The molecule has 0 aliphatic carbocycles. The maximum atomic E-state index is 12.3. The molecule has 23 heavy (non-hydrogen) atoms. The Morgan fingerprint density at radius 2 is 1.91 bits per heavy atom. The molecule has 7 heteroatoms. The van der Waals surface area contributed by atoms with Crippen molar-refractivity contribution in [3.63, 3.8) is 0 Å². The van der Waals surface area contributed by atoms with Crippen molar-refractivity contribution < 1.29 is 17.7 Å². The van der Waals surface area contributed by atoms with E-state index < -0.39 is 21.0 Å². The van der Waals surface area contributed by atoms with Crippen LogP contribution < -0.4 is 5.32 Å². The lowest BCUT2D eigenvalue weighted by Gasteiger charge is -2.12. The van der Waals surface area contributed by atoms with Gasteiger partial charge >= 0.3 is 0 Å². The van der Waals surface area contributed by atoms with E-state index in [1.165, 1.54) is 6.92 Å². The monoisotopic (exact) mass is 336 g/mol. The smallest absolute Gasteiger partial charge is 0.238 e. The second kappa shape index (κ2) is 6.95. The Morgan fingerprint density at radius 3 is 2.48 bits per heavy atom. The number of carbonyl (C=O) groups is 1. The van der Waals surface area contributed by atoms with E-state index >= 15 is 0 Å². The number of hydrogen-bond acceptors (Lipinski definition) is 5. The van der Waals surface area contributed by atoms with Crippen molar-refractivity contribution in [2.75, 3.05) is 0 Å². The molecule has 0 saturated carbocycles. The van der Waals surface area contributed by atoms with Crippen LogP contribution in [0.15, 0.2) is 34.9 Å². The number of amides is 1. The largest absolute Gasteiger partial charge is 0.361 e. The molecule has 6 nitrogen and oxygen atoms in total. The zero-order valence-electron chi connectivity index (χ0n) is 13.4. The number of aromatic nitrogens is 1. The van der Waals surface area contributed by atoms with Gasteiger partial charge in [0.05, 0.1) is 11.4 Å². The van der Waals surface area contributed by atoms with Crippen LogP contribution in [0.3, 0.4) is 0 Å². The van der Waals surface area contributed by atoms with E-state index in [4.69, 9.17) is 4.52 Å². The van der Waals surface area contributed by atoms with Crippen LogP contribution in [-0.2, 0) is 26.9 Å². The highest BCUT2D eigenvalue weighted by atomic mass is 32.2. The zero-order chi connectivity index (χ0) is 17.0. The first-order valence-corrected chi connectivity index (χ1v) is 8.96. The van der Waals surface area contributed by atoms with E-state index in [0.717, 1.165) is 11.1 Å². The Hall–Kier alpha value is -2.15. The first-order valence-electron chi connectivity index (χ1n) is 7.25. The Labute approximate surface area is 135 Å². The molecule has 0 spiro atoms. The van der Waals surface area contributed by atoms with Crippen LogP contribution >= 0.6 is 0 Å². The Kier molecular flexibility index (Phi) is 5.20. The third-order valence-electron chi connectivity index (χ3n) is 3.52. The predicted molar refractivity (Wildman–Crippen MR) is 86.4 cm³/mol. The van der Waals surface area contributed by atoms with Crippen molar-refractivity contribution in [3.05, 3.63) is 52.9 Å². The molecule has 1 atom stereocenters. The summed E-state index contributed by atoms with van der Waals surface area (Å²) in [4.78, 5) is 12.1. The molecule has 124 valence electrons. The van der Waals surface area contributed by atoms with Crippen LogP contribution in [-0.4, -0.2) is 24.7 Å². The summed E-state index contributed by atoms with van der Waals surface area (Å²) in [6, 6.07) is 9.22. The predicted octanol–water partition coefficient (Wildman–Crippen LogP) is 1.91. The van der Waals surface area contributed by atoms with E-state index in [-0.39, 0.29) is 5.75 Å². The minimum atomic E-state index is -3.64. The van der Waals surface area contributed by atoms with Crippen LogP contribution in [0, 0.1) is 13.8 Å². The number of sulfone groups is 1. The summed E-state index contributed by atoms with van der Waals surface area (Å²) in [5.41, 5.74) is 2.35. The minimum absolute atomic E-state index is 0.294. The summed E-state index contributed by atoms with van der Waals surface area (Å²) >= 11 is 0.